The van der Waals surface area contributed by atoms with Crippen LogP contribution in [0.2, 0.25) is 5.02 Å². The summed E-state index contributed by atoms with van der Waals surface area (Å²) in [5.74, 6) is 1.28. The van der Waals surface area contributed by atoms with Crippen molar-refractivity contribution < 1.29 is 0 Å². The van der Waals surface area contributed by atoms with Crippen molar-refractivity contribution in [3.05, 3.63) is 29.0 Å². The highest BCUT2D eigenvalue weighted by molar-refractivity contribution is 6.31. The largest absolute Gasteiger partial charge is 0.308 e. The molecule has 2 aromatic rings. The van der Waals surface area contributed by atoms with Crippen molar-refractivity contribution in [1.82, 2.24) is 14.6 Å². The van der Waals surface area contributed by atoms with E-state index in [2.05, 4.69) is 26.6 Å². The number of hydrogen-bond acceptors (Lipinski definition) is 3. The summed E-state index contributed by atoms with van der Waals surface area (Å²) in [6.07, 6.45) is 0. The third-order valence-electron chi connectivity index (χ3n) is 3.54. The average Bonchev–Trinajstić information content (AvgIpc) is 2.77. The van der Waals surface area contributed by atoms with Gasteiger partial charge in [0.2, 0.25) is 0 Å². The summed E-state index contributed by atoms with van der Waals surface area (Å²) in [6.45, 7) is 4.03. The Kier molecular flexibility index (Phi) is 3.56. The van der Waals surface area contributed by atoms with Crippen molar-refractivity contribution >= 4 is 34.2 Å². The molecule has 1 aliphatic rings. The Morgan fingerprint density at radius 2 is 1.95 bits per heavy atom. The zero-order valence-electron chi connectivity index (χ0n) is 10.8. The molecule has 0 spiro atoms. The third kappa shape index (κ3) is 2.40. The van der Waals surface area contributed by atoms with E-state index in [1.807, 2.05) is 18.2 Å². The SMILES string of the molecule is CN1CCN(n2c(CCl)nc3ccc(Cl)cc32)CC1. The normalized spacial score (nSPS) is 17.3. The van der Waals surface area contributed by atoms with Gasteiger partial charge in [0.05, 0.1) is 16.9 Å². The minimum atomic E-state index is 0.401. The van der Waals surface area contributed by atoms with Crippen LogP contribution in [0.5, 0.6) is 0 Å². The van der Waals surface area contributed by atoms with Gasteiger partial charge in [-0.2, -0.15) is 0 Å². The molecule has 0 amide bonds. The number of rotatable bonds is 2. The van der Waals surface area contributed by atoms with Gasteiger partial charge in [-0.15, -0.1) is 11.6 Å². The van der Waals surface area contributed by atoms with E-state index in [1.165, 1.54) is 0 Å². The number of halogens is 2. The topological polar surface area (TPSA) is 24.3 Å². The summed E-state index contributed by atoms with van der Waals surface area (Å²) in [6, 6.07) is 5.77. The van der Waals surface area contributed by atoms with Gasteiger partial charge in [0, 0.05) is 31.2 Å². The maximum absolute atomic E-state index is 6.10. The van der Waals surface area contributed by atoms with Crippen LogP contribution in [0.25, 0.3) is 11.0 Å². The Morgan fingerprint density at radius 1 is 1.21 bits per heavy atom. The molecule has 0 saturated carbocycles. The second-order valence-corrected chi connectivity index (χ2v) is 5.57. The molecule has 0 bridgehead atoms. The van der Waals surface area contributed by atoms with Crippen LogP contribution in [0.4, 0.5) is 0 Å². The number of piperazine rings is 1. The van der Waals surface area contributed by atoms with Gasteiger partial charge >= 0.3 is 0 Å². The van der Waals surface area contributed by atoms with E-state index in [9.17, 15) is 0 Å². The molecule has 1 aromatic heterocycles. The molecule has 0 unspecified atom stereocenters. The highest BCUT2D eigenvalue weighted by atomic mass is 35.5. The summed E-state index contributed by atoms with van der Waals surface area (Å²) in [5.41, 5.74) is 1.98. The van der Waals surface area contributed by atoms with Gasteiger partial charge in [-0.25, -0.2) is 9.66 Å². The number of nitrogens with zero attached hydrogens (tertiary/aromatic N) is 4. The fourth-order valence-electron chi connectivity index (χ4n) is 2.48. The zero-order valence-corrected chi connectivity index (χ0v) is 12.3. The smallest absolute Gasteiger partial charge is 0.143 e. The van der Waals surface area contributed by atoms with Crippen LogP contribution >= 0.6 is 23.2 Å². The van der Waals surface area contributed by atoms with Gasteiger partial charge < -0.3 is 9.91 Å². The van der Waals surface area contributed by atoms with E-state index >= 15 is 0 Å². The number of likely N-dealkylation sites (N-methyl/N-ethyl adjacent to an activating group) is 1. The zero-order chi connectivity index (χ0) is 13.4. The molecule has 4 nitrogen and oxygen atoms in total. The molecule has 19 heavy (non-hydrogen) atoms. The second kappa shape index (κ2) is 5.19. The Hall–Kier alpha value is -0.970. The molecule has 102 valence electrons. The minimum Gasteiger partial charge on any atom is -0.308 e. The quantitative estimate of drug-likeness (QED) is 0.795. The first kappa shape index (κ1) is 13.0. The van der Waals surface area contributed by atoms with Gasteiger partial charge in [-0.3, -0.25) is 0 Å². The fraction of sp³-hybridized carbons (Fsp3) is 0.462. The van der Waals surface area contributed by atoms with Crippen LogP contribution in [0, 0.1) is 0 Å². The molecule has 0 N–H and O–H groups in total. The number of alkyl halides is 1. The summed E-state index contributed by atoms with van der Waals surface area (Å²) in [5, 5.41) is 3.02. The third-order valence-corrected chi connectivity index (χ3v) is 4.02. The maximum atomic E-state index is 6.10. The Bertz CT molecular complexity index is 588. The minimum absolute atomic E-state index is 0.401. The van der Waals surface area contributed by atoms with Gasteiger partial charge in [0.25, 0.3) is 0 Å². The van der Waals surface area contributed by atoms with Crippen molar-refractivity contribution in [2.24, 2.45) is 0 Å². The predicted octanol–water partition coefficient (Wildman–Crippen LogP) is 2.31. The van der Waals surface area contributed by atoms with Gasteiger partial charge in [-0.1, -0.05) is 11.6 Å². The lowest BCUT2D eigenvalue weighted by Gasteiger charge is -2.35. The maximum Gasteiger partial charge on any atom is 0.143 e. The number of imidazole rings is 1. The van der Waals surface area contributed by atoms with Crippen LogP contribution in [0.15, 0.2) is 18.2 Å². The number of hydrogen-bond donors (Lipinski definition) is 0. The van der Waals surface area contributed by atoms with Crippen LogP contribution in [0.1, 0.15) is 5.82 Å². The first-order valence-electron chi connectivity index (χ1n) is 6.35. The molecule has 0 aliphatic carbocycles. The molecule has 1 fully saturated rings. The first-order chi connectivity index (χ1) is 9.19. The molecule has 2 heterocycles. The Morgan fingerprint density at radius 3 is 2.63 bits per heavy atom. The van der Waals surface area contributed by atoms with Crippen LogP contribution in [0.3, 0.4) is 0 Å². The van der Waals surface area contributed by atoms with Crippen LogP contribution in [-0.2, 0) is 5.88 Å². The molecule has 3 rings (SSSR count). The summed E-state index contributed by atoms with van der Waals surface area (Å²) in [4.78, 5) is 6.91. The number of benzene rings is 1. The number of aromatic nitrogens is 2. The van der Waals surface area contributed by atoms with E-state index in [0.717, 1.165) is 48.1 Å². The molecule has 0 radical (unpaired) electrons. The standard InChI is InChI=1S/C13H16Cl2N4/c1-17-4-6-18(7-5-17)19-12-8-10(15)2-3-11(12)16-13(19)9-14/h2-3,8H,4-7,9H2,1H3. The predicted molar refractivity (Wildman–Crippen MR) is 79.7 cm³/mol. The van der Waals surface area contributed by atoms with Crippen molar-refractivity contribution in [3.63, 3.8) is 0 Å². The second-order valence-electron chi connectivity index (χ2n) is 4.86. The molecular formula is C13H16Cl2N4. The van der Waals surface area contributed by atoms with E-state index in [1.54, 1.807) is 0 Å². The molecule has 1 aromatic carbocycles. The number of fused-ring (bicyclic) bond motifs is 1. The van der Waals surface area contributed by atoms with Crippen molar-refractivity contribution in [2.45, 2.75) is 5.88 Å². The van der Waals surface area contributed by atoms with Crippen molar-refractivity contribution in [3.8, 4) is 0 Å². The monoisotopic (exact) mass is 298 g/mol. The molecule has 6 heteroatoms. The van der Waals surface area contributed by atoms with E-state index in [0.29, 0.717) is 5.88 Å². The van der Waals surface area contributed by atoms with E-state index in [4.69, 9.17) is 23.2 Å². The van der Waals surface area contributed by atoms with E-state index < -0.39 is 0 Å². The summed E-state index contributed by atoms with van der Waals surface area (Å²) < 4.78 is 2.13. The van der Waals surface area contributed by atoms with Gasteiger partial charge in [0.15, 0.2) is 0 Å². The molecular weight excluding hydrogens is 283 g/mol. The summed E-state index contributed by atoms with van der Waals surface area (Å²) >= 11 is 12.1. The lowest BCUT2D eigenvalue weighted by atomic mass is 10.3. The highest BCUT2D eigenvalue weighted by Crippen LogP contribution is 2.22. The lowest BCUT2D eigenvalue weighted by Crippen LogP contribution is -2.50. The fourth-order valence-corrected chi connectivity index (χ4v) is 2.82. The van der Waals surface area contributed by atoms with Crippen LogP contribution < -0.4 is 5.01 Å². The Balaban J connectivity index is 2.07. The highest BCUT2D eigenvalue weighted by Gasteiger charge is 2.19. The molecule has 1 aliphatic heterocycles. The first-order valence-corrected chi connectivity index (χ1v) is 7.27. The summed E-state index contributed by atoms with van der Waals surface area (Å²) in [7, 11) is 2.14. The van der Waals surface area contributed by atoms with Crippen molar-refractivity contribution in [1.29, 1.82) is 0 Å². The average molecular weight is 299 g/mol. The van der Waals surface area contributed by atoms with Crippen LogP contribution in [-0.4, -0.2) is 47.8 Å². The van der Waals surface area contributed by atoms with Gasteiger partial charge in [0.1, 0.15) is 5.82 Å². The van der Waals surface area contributed by atoms with Gasteiger partial charge in [-0.05, 0) is 25.2 Å². The van der Waals surface area contributed by atoms with E-state index in [-0.39, 0.29) is 0 Å². The molecule has 1 saturated heterocycles. The van der Waals surface area contributed by atoms with Crippen molar-refractivity contribution in [2.75, 3.05) is 38.2 Å². The Labute approximate surface area is 122 Å². The molecule has 0 atom stereocenters. The lowest BCUT2D eigenvalue weighted by molar-refractivity contribution is 0.288.